The van der Waals surface area contributed by atoms with Gasteiger partial charge in [-0.1, -0.05) is 29.8 Å². The lowest BCUT2D eigenvalue weighted by atomic mass is 9.52. The van der Waals surface area contributed by atoms with Crippen LogP contribution in [0, 0.1) is 5.41 Å². The molecule has 3 aliphatic rings. The summed E-state index contributed by atoms with van der Waals surface area (Å²) in [5.74, 6) is 0.927. The second kappa shape index (κ2) is 7.42. The first-order valence-corrected chi connectivity index (χ1v) is 11.2. The van der Waals surface area contributed by atoms with Crippen LogP contribution in [0.4, 0.5) is 10.6 Å². The Balaban J connectivity index is 1.54. The number of hydrogen-bond donors (Lipinski definition) is 1. The van der Waals surface area contributed by atoms with E-state index in [1.54, 1.807) is 12.3 Å². The highest BCUT2D eigenvalue weighted by Crippen LogP contribution is 2.58. The zero-order chi connectivity index (χ0) is 20.8. The van der Waals surface area contributed by atoms with Gasteiger partial charge in [-0.25, -0.2) is 9.78 Å². The van der Waals surface area contributed by atoms with Crippen molar-refractivity contribution in [3.8, 4) is 0 Å². The Morgan fingerprint density at radius 2 is 1.90 bits per heavy atom. The molecule has 0 spiro atoms. The highest BCUT2D eigenvalue weighted by atomic mass is 79.9. The third kappa shape index (κ3) is 3.69. The first-order chi connectivity index (χ1) is 13.7. The first kappa shape index (κ1) is 20.4. The largest absolute Gasteiger partial charge is 0.465 e. The molecule has 3 aliphatic carbocycles. The Labute approximate surface area is 180 Å². The fraction of sp³-hybridized carbons (Fsp3) is 0.591. The molecule has 3 saturated carbocycles. The van der Waals surface area contributed by atoms with Gasteiger partial charge < -0.3 is 5.11 Å². The molecule has 5 rings (SSSR count). The SMILES string of the molecule is CC(C)c1cc(C23CCC(CN(C(=O)O)c4cc(Br)ccn4)(CC2)CC3)n(C)n1. The third-order valence-corrected chi connectivity index (χ3v) is 7.64. The average Bonchev–Trinajstić information content (AvgIpc) is 3.10. The maximum Gasteiger partial charge on any atom is 0.413 e. The number of aromatic nitrogens is 3. The summed E-state index contributed by atoms with van der Waals surface area (Å²) in [4.78, 5) is 17.7. The van der Waals surface area contributed by atoms with Crippen LogP contribution < -0.4 is 4.90 Å². The van der Waals surface area contributed by atoms with Gasteiger partial charge in [-0.3, -0.25) is 9.58 Å². The highest BCUT2D eigenvalue weighted by Gasteiger charge is 2.51. The van der Waals surface area contributed by atoms with Gasteiger partial charge in [0, 0.05) is 35.4 Å². The lowest BCUT2D eigenvalue weighted by molar-refractivity contribution is 0.0412. The van der Waals surface area contributed by atoms with E-state index in [0.29, 0.717) is 18.3 Å². The van der Waals surface area contributed by atoms with E-state index in [9.17, 15) is 9.90 Å². The van der Waals surface area contributed by atoms with E-state index in [1.807, 2.05) is 6.07 Å². The number of anilines is 1. The van der Waals surface area contributed by atoms with Gasteiger partial charge in [-0.05, 0) is 68.1 Å². The standard InChI is InChI=1S/C22H29BrN4O2/c1-15(2)17-13-18(26(3)25-17)22-8-5-21(6-9-22,7-10-22)14-27(20(28)29)19-12-16(23)4-11-24-19/h4,11-13,15H,5-10,14H2,1-3H3,(H,28,29). The van der Waals surface area contributed by atoms with Crippen molar-refractivity contribution in [2.75, 3.05) is 11.4 Å². The molecular weight excluding hydrogens is 432 g/mol. The molecule has 29 heavy (non-hydrogen) atoms. The molecule has 6 nitrogen and oxygen atoms in total. The van der Waals surface area contributed by atoms with Crippen LogP contribution >= 0.6 is 15.9 Å². The molecule has 0 unspecified atom stereocenters. The van der Waals surface area contributed by atoms with Crippen molar-refractivity contribution in [1.82, 2.24) is 14.8 Å². The van der Waals surface area contributed by atoms with Crippen molar-refractivity contribution in [2.45, 2.75) is 63.7 Å². The Kier molecular flexibility index (Phi) is 5.21. The van der Waals surface area contributed by atoms with E-state index in [0.717, 1.165) is 48.7 Å². The number of pyridine rings is 1. The lowest BCUT2D eigenvalue weighted by Crippen LogP contribution is -2.51. The van der Waals surface area contributed by atoms with Crippen LogP contribution in [0.2, 0.25) is 0 Å². The van der Waals surface area contributed by atoms with Gasteiger partial charge in [0.2, 0.25) is 0 Å². The molecule has 0 aromatic carbocycles. The van der Waals surface area contributed by atoms with Gasteiger partial charge >= 0.3 is 6.09 Å². The minimum Gasteiger partial charge on any atom is -0.465 e. The molecule has 1 amide bonds. The summed E-state index contributed by atoms with van der Waals surface area (Å²) in [5, 5.41) is 14.6. The highest BCUT2D eigenvalue weighted by molar-refractivity contribution is 9.10. The molecular formula is C22H29BrN4O2. The minimum absolute atomic E-state index is 0.0452. The number of aryl methyl sites for hydroxylation is 1. The van der Waals surface area contributed by atoms with Crippen LogP contribution in [0.1, 0.15) is 69.7 Å². The number of nitrogens with zero attached hydrogens (tertiary/aromatic N) is 4. The summed E-state index contributed by atoms with van der Waals surface area (Å²) in [7, 11) is 2.07. The van der Waals surface area contributed by atoms with Gasteiger partial charge in [0.25, 0.3) is 0 Å². The second-order valence-corrected chi connectivity index (χ2v) is 10.1. The number of carbonyl (C=O) groups is 1. The number of hydrogen-bond acceptors (Lipinski definition) is 3. The summed E-state index contributed by atoms with van der Waals surface area (Å²) >= 11 is 3.43. The van der Waals surface area contributed by atoms with E-state index < -0.39 is 6.09 Å². The van der Waals surface area contributed by atoms with Crippen molar-refractivity contribution in [3.63, 3.8) is 0 Å². The molecule has 3 fully saturated rings. The molecule has 0 radical (unpaired) electrons. The molecule has 0 aliphatic heterocycles. The Hall–Kier alpha value is -1.89. The molecule has 0 atom stereocenters. The first-order valence-electron chi connectivity index (χ1n) is 10.4. The topological polar surface area (TPSA) is 71.2 Å². The van der Waals surface area contributed by atoms with Gasteiger partial charge in [0.05, 0.1) is 5.69 Å². The number of rotatable bonds is 5. The molecule has 2 aromatic rings. The van der Waals surface area contributed by atoms with Gasteiger partial charge in [-0.2, -0.15) is 5.10 Å². The van der Waals surface area contributed by atoms with Crippen LogP contribution in [-0.4, -0.2) is 32.5 Å². The quantitative estimate of drug-likeness (QED) is 0.640. The molecule has 156 valence electrons. The number of amides is 1. The van der Waals surface area contributed by atoms with E-state index in [4.69, 9.17) is 5.10 Å². The van der Waals surface area contributed by atoms with Crippen LogP contribution in [-0.2, 0) is 12.5 Å². The summed E-state index contributed by atoms with van der Waals surface area (Å²) in [6.07, 6.45) is 7.16. The van der Waals surface area contributed by atoms with Crippen molar-refractivity contribution < 1.29 is 9.90 Å². The molecule has 2 heterocycles. The average molecular weight is 461 g/mol. The van der Waals surface area contributed by atoms with Crippen molar-refractivity contribution in [1.29, 1.82) is 0 Å². The van der Waals surface area contributed by atoms with Crippen molar-refractivity contribution in [2.24, 2.45) is 12.5 Å². The summed E-state index contributed by atoms with van der Waals surface area (Å²) in [6.45, 7) is 4.89. The van der Waals surface area contributed by atoms with E-state index in [2.05, 4.69) is 52.6 Å². The van der Waals surface area contributed by atoms with Crippen molar-refractivity contribution >= 4 is 27.8 Å². The fourth-order valence-corrected chi connectivity index (χ4v) is 5.60. The molecule has 2 aromatic heterocycles. The van der Waals surface area contributed by atoms with Crippen LogP contribution in [0.3, 0.4) is 0 Å². The summed E-state index contributed by atoms with van der Waals surface area (Å²) < 4.78 is 2.93. The molecule has 1 N–H and O–H groups in total. The minimum atomic E-state index is -0.930. The van der Waals surface area contributed by atoms with Crippen LogP contribution in [0.25, 0.3) is 0 Å². The van der Waals surface area contributed by atoms with Gasteiger partial charge in [0.1, 0.15) is 5.82 Å². The number of carboxylic acid groups (broad SMARTS) is 1. The number of halogens is 1. The molecule has 2 bridgehead atoms. The summed E-state index contributed by atoms with van der Waals surface area (Å²) in [5.41, 5.74) is 2.76. The number of fused-ring (bicyclic) bond motifs is 3. The molecule has 0 saturated heterocycles. The smallest absolute Gasteiger partial charge is 0.413 e. The third-order valence-electron chi connectivity index (χ3n) is 7.14. The maximum atomic E-state index is 12.0. The molecule has 7 heteroatoms. The second-order valence-electron chi connectivity index (χ2n) is 9.21. The fourth-order valence-electron chi connectivity index (χ4n) is 5.28. The Morgan fingerprint density at radius 3 is 2.41 bits per heavy atom. The predicted octanol–water partition coefficient (Wildman–Crippen LogP) is 5.48. The summed E-state index contributed by atoms with van der Waals surface area (Å²) in [6, 6.07) is 5.90. The van der Waals surface area contributed by atoms with Gasteiger partial charge in [0.15, 0.2) is 0 Å². The van der Waals surface area contributed by atoms with Crippen LogP contribution in [0.15, 0.2) is 28.9 Å². The zero-order valence-corrected chi connectivity index (χ0v) is 18.9. The van der Waals surface area contributed by atoms with Crippen LogP contribution in [0.5, 0.6) is 0 Å². The zero-order valence-electron chi connectivity index (χ0n) is 17.4. The Morgan fingerprint density at radius 1 is 1.24 bits per heavy atom. The normalized spacial score (nSPS) is 26.1. The van der Waals surface area contributed by atoms with E-state index in [1.165, 1.54) is 10.6 Å². The van der Waals surface area contributed by atoms with Crippen molar-refractivity contribution in [3.05, 3.63) is 40.3 Å². The van der Waals surface area contributed by atoms with E-state index >= 15 is 0 Å². The van der Waals surface area contributed by atoms with Gasteiger partial charge in [-0.15, -0.1) is 0 Å². The Bertz CT molecular complexity index is 899. The van der Waals surface area contributed by atoms with E-state index in [-0.39, 0.29) is 10.8 Å². The maximum absolute atomic E-state index is 12.0. The monoisotopic (exact) mass is 460 g/mol. The predicted molar refractivity (Wildman–Crippen MR) is 116 cm³/mol. The lowest BCUT2D eigenvalue weighted by Gasteiger charge is -2.54.